The van der Waals surface area contributed by atoms with Crippen molar-refractivity contribution in [3.63, 3.8) is 0 Å². The van der Waals surface area contributed by atoms with Gasteiger partial charge in [0.2, 0.25) is 0 Å². The third-order valence-electron chi connectivity index (χ3n) is 3.20. The van der Waals surface area contributed by atoms with Gasteiger partial charge in [0, 0.05) is 49.6 Å². The summed E-state index contributed by atoms with van der Waals surface area (Å²) >= 11 is 0. The third-order valence-corrected chi connectivity index (χ3v) is 3.20. The van der Waals surface area contributed by atoms with Crippen LogP contribution in [0.4, 0.5) is 4.39 Å². The van der Waals surface area contributed by atoms with E-state index in [-0.39, 0.29) is 17.6 Å². The smallest absolute Gasteiger partial charge is 0.131 e. The van der Waals surface area contributed by atoms with E-state index in [1.807, 2.05) is 24.7 Å². The topological polar surface area (TPSA) is 50.1 Å². The Labute approximate surface area is 111 Å². The number of aromatic nitrogens is 2. The van der Waals surface area contributed by atoms with E-state index < -0.39 is 0 Å². The van der Waals surface area contributed by atoms with E-state index in [2.05, 4.69) is 10.4 Å². The summed E-state index contributed by atoms with van der Waals surface area (Å²) < 4.78 is 15.5. The number of nitrogens with one attached hydrogen (secondary N) is 1. The summed E-state index contributed by atoms with van der Waals surface area (Å²) in [6.45, 7) is 2.64. The number of phenolic OH excluding ortho intramolecular Hbond substituents is 1. The van der Waals surface area contributed by atoms with Gasteiger partial charge in [-0.15, -0.1) is 0 Å². The SMILES string of the molecule is CC(NCCc1ccnn1C)c1ccc(O)cc1F. The molecule has 0 aliphatic carbocycles. The monoisotopic (exact) mass is 263 g/mol. The quantitative estimate of drug-likeness (QED) is 0.869. The molecule has 5 heteroatoms. The molecular weight excluding hydrogens is 245 g/mol. The average Bonchev–Trinajstić information content (AvgIpc) is 2.75. The molecule has 0 saturated carbocycles. The largest absolute Gasteiger partial charge is 0.508 e. The zero-order valence-corrected chi connectivity index (χ0v) is 11.1. The number of benzene rings is 1. The van der Waals surface area contributed by atoms with Crippen LogP contribution in [-0.2, 0) is 13.5 Å². The molecule has 0 aliphatic rings. The zero-order chi connectivity index (χ0) is 13.8. The van der Waals surface area contributed by atoms with E-state index in [1.54, 1.807) is 12.3 Å². The van der Waals surface area contributed by atoms with Crippen molar-refractivity contribution in [2.24, 2.45) is 7.05 Å². The van der Waals surface area contributed by atoms with E-state index in [4.69, 9.17) is 0 Å². The fourth-order valence-corrected chi connectivity index (χ4v) is 2.04. The highest BCUT2D eigenvalue weighted by Gasteiger charge is 2.11. The van der Waals surface area contributed by atoms with Gasteiger partial charge in [-0.2, -0.15) is 5.10 Å². The Morgan fingerprint density at radius 1 is 1.42 bits per heavy atom. The Morgan fingerprint density at radius 2 is 2.21 bits per heavy atom. The van der Waals surface area contributed by atoms with Crippen LogP contribution in [0.2, 0.25) is 0 Å². The highest BCUT2D eigenvalue weighted by atomic mass is 19.1. The van der Waals surface area contributed by atoms with Crippen LogP contribution in [0.5, 0.6) is 5.75 Å². The molecule has 0 fully saturated rings. The molecule has 0 bridgehead atoms. The Hall–Kier alpha value is -1.88. The van der Waals surface area contributed by atoms with Crippen LogP contribution in [-0.4, -0.2) is 21.4 Å². The lowest BCUT2D eigenvalue weighted by Crippen LogP contribution is -2.22. The Balaban J connectivity index is 1.91. The molecule has 0 saturated heterocycles. The van der Waals surface area contributed by atoms with Crippen molar-refractivity contribution in [3.8, 4) is 5.75 Å². The fraction of sp³-hybridized carbons (Fsp3) is 0.357. The second-order valence-electron chi connectivity index (χ2n) is 4.58. The van der Waals surface area contributed by atoms with Crippen molar-refractivity contribution in [3.05, 3.63) is 47.5 Å². The normalized spacial score (nSPS) is 12.6. The molecule has 4 nitrogen and oxygen atoms in total. The predicted octanol–water partition coefficient (Wildman–Crippen LogP) is 2.16. The van der Waals surface area contributed by atoms with Gasteiger partial charge in [-0.1, -0.05) is 6.07 Å². The third kappa shape index (κ3) is 3.32. The first-order valence-electron chi connectivity index (χ1n) is 6.26. The summed E-state index contributed by atoms with van der Waals surface area (Å²) in [5.74, 6) is -0.441. The molecule has 1 aromatic heterocycles. The van der Waals surface area contributed by atoms with Crippen LogP contribution in [0.1, 0.15) is 24.2 Å². The number of hydrogen-bond acceptors (Lipinski definition) is 3. The molecule has 2 aromatic rings. The van der Waals surface area contributed by atoms with Crippen molar-refractivity contribution in [1.29, 1.82) is 0 Å². The first kappa shape index (κ1) is 13.5. The second kappa shape index (κ2) is 5.84. The Morgan fingerprint density at radius 3 is 2.84 bits per heavy atom. The highest BCUT2D eigenvalue weighted by molar-refractivity contribution is 5.29. The number of aryl methyl sites for hydroxylation is 1. The maximum atomic E-state index is 13.7. The Kier molecular flexibility index (Phi) is 4.16. The lowest BCUT2D eigenvalue weighted by Gasteiger charge is -2.15. The molecular formula is C14H18FN3O. The van der Waals surface area contributed by atoms with Gasteiger partial charge in [-0.3, -0.25) is 4.68 Å². The van der Waals surface area contributed by atoms with Crippen LogP contribution in [0.25, 0.3) is 0 Å². The molecule has 1 atom stereocenters. The lowest BCUT2D eigenvalue weighted by molar-refractivity contribution is 0.463. The van der Waals surface area contributed by atoms with Gasteiger partial charge in [0.25, 0.3) is 0 Å². The van der Waals surface area contributed by atoms with Gasteiger partial charge in [0.15, 0.2) is 0 Å². The first-order chi connectivity index (χ1) is 9.08. The summed E-state index contributed by atoms with van der Waals surface area (Å²) in [6.07, 6.45) is 2.60. The van der Waals surface area contributed by atoms with Gasteiger partial charge in [0.05, 0.1) is 0 Å². The molecule has 1 aromatic carbocycles. The molecule has 19 heavy (non-hydrogen) atoms. The molecule has 0 radical (unpaired) electrons. The van der Waals surface area contributed by atoms with Crippen LogP contribution >= 0.6 is 0 Å². The minimum absolute atomic E-state index is 0.0525. The van der Waals surface area contributed by atoms with Crippen LogP contribution < -0.4 is 5.32 Å². The van der Waals surface area contributed by atoms with E-state index in [1.165, 1.54) is 6.07 Å². The molecule has 2 N–H and O–H groups in total. The van der Waals surface area contributed by atoms with E-state index >= 15 is 0 Å². The van der Waals surface area contributed by atoms with Gasteiger partial charge in [-0.25, -0.2) is 4.39 Å². The summed E-state index contributed by atoms with van der Waals surface area (Å²) in [6, 6.07) is 6.10. The van der Waals surface area contributed by atoms with E-state index in [9.17, 15) is 9.50 Å². The number of rotatable bonds is 5. The molecule has 0 aliphatic heterocycles. The van der Waals surface area contributed by atoms with Crippen molar-refractivity contribution < 1.29 is 9.50 Å². The standard InChI is InChI=1S/C14H18FN3O/c1-10(13-4-3-12(19)9-14(13)15)16-7-5-11-6-8-17-18(11)2/h3-4,6,8-10,16,19H,5,7H2,1-2H3. The molecule has 0 amide bonds. The molecule has 1 unspecified atom stereocenters. The van der Waals surface area contributed by atoms with E-state index in [0.29, 0.717) is 5.56 Å². The molecule has 1 heterocycles. The van der Waals surface area contributed by atoms with Crippen LogP contribution in [0.3, 0.4) is 0 Å². The summed E-state index contributed by atoms with van der Waals surface area (Å²) in [4.78, 5) is 0. The van der Waals surface area contributed by atoms with Gasteiger partial charge < -0.3 is 10.4 Å². The Bertz CT molecular complexity index is 553. The minimum Gasteiger partial charge on any atom is -0.508 e. The van der Waals surface area contributed by atoms with Crippen molar-refractivity contribution in [2.45, 2.75) is 19.4 Å². The molecule has 2 rings (SSSR count). The van der Waals surface area contributed by atoms with Gasteiger partial charge in [-0.05, 0) is 19.1 Å². The number of hydrogen-bond donors (Lipinski definition) is 2. The van der Waals surface area contributed by atoms with Crippen molar-refractivity contribution in [1.82, 2.24) is 15.1 Å². The van der Waals surface area contributed by atoms with Gasteiger partial charge in [0.1, 0.15) is 11.6 Å². The van der Waals surface area contributed by atoms with Crippen LogP contribution in [0, 0.1) is 5.82 Å². The van der Waals surface area contributed by atoms with Crippen molar-refractivity contribution in [2.75, 3.05) is 6.54 Å². The second-order valence-corrected chi connectivity index (χ2v) is 4.58. The summed E-state index contributed by atoms with van der Waals surface area (Å²) in [5, 5.41) is 16.5. The number of halogens is 1. The maximum Gasteiger partial charge on any atom is 0.131 e. The number of nitrogens with zero attached hydrogens (tertiary/aromatic N) is 2. The molecule has 102 valence electrons. The van der Waals surface area contributed by atoms with Crippen molar-refractivity contribution >= 4 is 0 Å². The van der Waals surface area contributed by atoms with Gasteiger partial charge >= 0.3 is 0 Å². The number of phenols is 1. The maximum absolute atomic E-state index is 13.7. The fourth-order valence-electron chi connectivity index (χ4n) is 2.04. The predicted molar refractivity (Wildman–Crippen MR) is 71.4 cm³/mol. The zero-order valence-electron chi connectivity index (χ0n) is 11.1. The molecule has 0 spiro atoms. The van der Waals surface area contributed by atoms with Crippen LogP contribution in [0.15, 0.2) is 30.5 Å². The summed E-state index contributed by atoms with van der Waals surface area (Å²) in [7, 11) is 1.90. The van der Waals surface area contributed by atoms with E-state index in [0.717, 1.165) is 24.7 Å². The lowest BCUT2D eigenvalue weighted by atomic mass is 10.1. The first-order valence-corrected chi connectivity index (χ1v) is 6.26. The average molecular weight is 263 g/mol. The minimum atomic E-state index is -0.388. The highest BCUT2D eigenvalue weighted by Crippen LogP contribution is 2.20. The summed E-state index contributed by atoms with van der Waals surface area (Å²) in [5.41, 5.74) is 1.69. The number of aromatic hydroxyl groups is 1.